The molecule has 0 atom stereocenters. The summed E-state index contributed by atoms with van der Waals surface area (Å²) in [6.07, 6.45) is 8.44. The molecule has 23 heavy (non-hydrogen) atoms. The minimum Gasteiger partial charge on any atom is -0.481 e. The Kier molecular flexibility index (Phi) is 4.55. The van der Waals surface area contributed by atoms with Crippen LogP contribution < -0.4 is 15.8 Å². The number of nitrogen functional groups attached to an aromatic ring is 1. The van der Waals surface area contributed by atoms with E-state index in [1.807, 2.05) is 0 Å². The first-order valence-electron chi connectivity index (χ1n) is 7.76. The van der Waals surface area contributed by atoms with Gasteiger partial charge in [-0.3, -0.25) is 0 Å². The van der Waals surface area contributed by atoms with E-state index in [2.05, 4.69) is 20.3 Å². The van der Waals surface area contributed by atoms with E-state index in [0.717, 1.165) is 19.0 Å². The van der Waals surface area contributed by atoms with Crippen LogP contribution in [-0.2, 0) is 0 Å². The molecule has 0 aromatic carbocycles. The molecular weight excluding hydrogens is 297 g/mol. The van der Waals surface area contributed by atoms with Crippen LogP contribution in [0.2, 0.25) is 0 Å². The summed E-state index contributed by atoms with van der Waals surface area (Å²) in [5.74, 6) is 0.595. The summed E-state index contributed by atoms with van der Waals surface area (Å²) < 4.78 is 19.3. The molecule has 0 saturated heterocycles. The fraction of sp³-hybridized carbons (Fsp3) is 0.438. The van der Waals surface area contributed by atoms with E-state index in [9.17, 15) is 4.39 Å². The first-order chi connectivity index (χ1) is 11.2. The van der Waals surface area contributed by atoms with Gasteiger partial charge in [-0.25, -0.2) is 14.4 Å². The molecule has 0 bridgehead atoms. The Morgan fingerprint density at radius 3 is 2.70 bits per heavy atom. The Hall–Kier alpha value is -2.44. The standard InChI is InChI=1S/C16H20FN5O/c1-23-14-7-11(13(17)9-19-14)12-8-20-16(18)22-15(12)21-10-5-3-2-4-6-10/h7-10H,2-6H2,1H3,(H3,18,20,21,22). The average molecular weight is 317 g/mol. The highest BCUT2D eigenvalue weighted by atomic mass is 19.1. The van der Waals surface area contributed by atoms with Crippen LogP contribution in [0.3, 0.4) is 0 Å². The zero-order chi connectivity index (χ0) is 16.2. The third-order valence-electron chi connectivity index (χ3n) is 4.08. The number of nitrogens with zero attached hydrogens (tertiary/aromatic N) is 3. The third kappa shape index (κ3) is 3.49. The van der Waals surface area contributed by atoms with Crippen molar-refractivity contribution in [1.29, 1.82) is 0 Å². The van der Waals surface area contributed by atoms with Crippen LogP contribution >= 0.6 is 0 Å². The molecule has 0 radical (unpaired) electrons. The summed E-state index contributed by atoms with van der Waals surface area (Å²) in [6, 6.07) is 1.86. The van der Waals surface area contributed by atoms with Crippen LogP contribution in [-0.4, -0.2) is 28.1 Å². The summed E-state index contributed by atoms with van der Waals surface area (Å²) in [5, 5.41) is 3.39. The number of hydrogen-bond donors (Lipinski definition) is 2. The van der Waals surface area contributed by atoms with Gasteiger partial charge in [-0.05, 0) is 12.8 Å². The summed E-state index contributed by atoms with van der Waals surface area (Å²) in [7, 11) is 1.49. The number of hydrogen-bond acceptors (Lipinski definition) is 6. The second-order valence-corrected chi connectivity index (χ2v) is 5.68. The number of nitrogens with two attached hydrogens (primary N) is 1. The van der Waals surface area contributed by atoms with Gasteiger partial charge in [0.2, 0.25) is 11.8 Å². The molecule has 0 aliphatic heterocycles. The van der Waals surface area contributed by atoms with Crippen molar-refractivity contribution in [3.8, 4) is 17.0 Å². The fourth-order valence-electron chi connectivity index (χ4n) is 2.88. The number of methoxy groups -OCH3 is 1. The van der Waals surface area contributed by atoms with E-state index in [1.54, 1.807) is 0 Å². The Morgan fingerprint density at radius 2 is 1.96 bits per heavy atom. The van der Waals surface area contributed by atoms with Gasteiger partial charge < -0.3 is 15.8 Å². The Bertz CT molecular complexity index is 688. The minimum atomic E-state index is -0.453. The fourth-order valence-corrected chi connectivity index (χ4v) is 2.88. The number of ether oxygens (including phenoxy) is 1. The van der Waals surface area contributed by atoms with Crippen LogP contribution in [0.4, 0.5) is 16.2 Å². The predicted molar refractivity (Wildman–Crippen MR) is 86.7 cm³/mol. The van der Waals surface area contributed by atoms with Crippen LogP contribution in [0.15, 0.2) is 18.5 Å². The number of nitrogens with one attached hydrogen (secondary N) is 1. The quantitative estimate of drug-likeness (QED) is 0.901. The van der Waals surface area contributed by atoms with Crippen molar-refractivity contribution < 1.29 is 9.13 Å². The van der Waals surface area contributed by atoms with Crippen LogP contribution in [0.25, 0.3) is 11.1 Å². The molecule has 2 aromatic rings. The molecule has 1 aliphatic carbocycles. The van der Waals surface area contributed by atoms with Crippen molar-refractivity contribution in [2.45, 2.75) is 38.1 Å². The molecule has 0 amide bonds. The van der Waals surface area contributed by atoms with Crippen LogP contribution in [0.1, 0.15) is 32.1 Å². The lowest BCUT2D eigenvalue weighted by atomic mass is 9.95. The maximum Gasteiger partial charge on any atom is 0.221 e. The molecule has 0 spiro atoms. The molecule has 6 nitrogen and oxygen atoms in total. The maximum absolute atomic E-state index is 14.2. The molecule has 1 aliphatic rings. The van der Waals surface area contributed by atoms with E-state index < -0.39 is 5.82 Å². The van der Waals surface area contributed by atoms with Gasteiger partial charge in [0.25, 0.3) is 0 Å². The second kappa shape index (κ2) is 6.76. The lowest BCUT2D eigenvalue weighted by molar-refractivity contribution is 0.396. The lowest BCUT2D eigenvalue weighted by Crippen LogP contribution is -2.23. The van der Waals surface area contributed by atoms with E-state index in [4.69, 9.17) is 10.5 Å². The number of anilines is 2. The van der Waals surface area contributed by atoms with E-state index in [1.165, 1.54) is 38.6 Å². The normalized spacial score (nSPS) is 15.4. The van der Waals surface area contributed by atoms with Gasteiger partial charge in [0.05, 0.1) is 13.3 Å². The molecule has 2 heterocycles. The lowest BCUT2D eigenvalue weighted by Gasteiger charge is -2.24. The molecule has 3 N–H and O–H groups in total. The van der Waals surface area contributed by atoms with Crippen LogP contribution in [0, 0.1) is 5.82 Å². The molecule has 122 valence electrons. The smallest absolute Gasteiger partial charge is 0.221 e. The number of aromatic nitrogens is 3. The molecule has 1 saturated carbocycles. The van der Waals surface area contributed by atoms with Crippen molar-refractivity contribution in [1.82, 2.24) is 15.0 Å². The van der Waals surface area contributed by atoms with Crippen molar-refractivity contribution in [2.75, 3.05) is 18.2 Å². The van der Waals surface area contributed by atoms with Gasteiger partial charge in [-0.1, -0.05) is 19.3 Å². The van der Waals surface area contributed by atoms with E-state index in [-0.39, 0.29) is 5.95 Å². The third-order valence-corrected chi connectivity index (χ3v) is 4.08. The monoisotopic (exact) mass is 317 g/mol. The van der Waals surface area contributed by atoms with Gasteiger partial charge in [0.15, 0.2) is 0 Å². The zero-order valence-electron chi connectivity index (χ0n) is 13.1. The predicted octanol–water partition coefficient (Wildman–Crippen LogP) is 3.01. The molecule has 1 fully saturated rings. The molecule has 0 unspecified atom stereocenters. The molecule has 7 heteroatoms. The van der Waals surface area contributed by atoms with Crippen molar-refractivity contribution in [2.24, 2.45) is 0 Å². The SMILES string of the molecule is COc1cc(-c2cnc(N)nc2NC2CCCCC2)c(F)cn1. The summed E-state index contributed by atoms with van der Waals surface area (Å²) in [5.41, 5.74) is 6.61. The second-order valence-electron chi connectivity index (χ2n) is 5.68. The van der Waals surface area contributed by atoms with Gasteiger partial charge in [-0.2, -0.15) is 4.98 Å². The van der Waals surface area contributed by atoms with Gasteiger partial charge in [0, 0.05) is 29.4 Å². The minimum absolute atomic E-state index is 0.161. The molecular formula is C16H20FN5O. The largest absolute Gasteiger partial charge is 0.481 e. The van der Waals surface area contributed by atoms with Gasteiger partial charge >= 0.3 is 0 Å². The Morgan fingerprint density at radius 1 is 1.17 bits per heavy atom. The average Bonchev–Trinajstić information content (AvgIpc) is 2.57. The van der Waals surface area contributed by atoms with Gasteiger partial charge in [0.1, 0.15) is 11.6 Å². The van der Waals surface area contributed by atoms with Crippen LogP contribution in [0.5, 0.6) is 5.88 Å². The first-order valence-corrected chi connectivity index (χ1v) is 7.76. The first kappa shape index (κ1) is 15.5. The topological polar surface area (TPSA) is 86.0 Å². The van der Waals surface area contributed by atoms with E-state index in [0.29, 0.717) is 28.9 Å². The Balaban J connectivity index is 1.98. The highest BCUT2D eigenvalue weighted by Crippen LogP contribution is 2.32. The number of halogens is 1. The van der Waals surface area contributed by atoms with E-state index >= 15 is 0 Å². The molecule has 3 rings (SSSR count). The number of pyridine rings is 1. The summed E-state index contributed by atoms with van der Waals surface area (Å²) in [4.78, 5) is 12.1. The zero-order valence-corrected chi connectivity index (χ0v) is 13.1. The number of rotatable bonds is 4. The maximum atomic E-state index is 14.2. The summed E-state index contributed by atoms with van der Waals surface area (Å²) >= 11 is 0. The highest BCUT2D eigenvalue weighted by molar-refractivity contribution is 5.76. The van der Waals surface area contributed by atoms with Crippen molar-refractivity contribution in [3.63, 3.8) is 0 Å². The van der Waals surface area contributed by atoms with Crippen molar-refractivity contribution in [3.05, 3.63) is 24.3 Å². The Labute approximate surface area is 134 Å². The summed E-state index contributed by atoms with van der Waals surface area (Å²) in [6.45, 7) is 0. The van der Waals surface area contributed by atoms with Crippen molar-refractivity contribution >= 4 is 11.8 Å². The molecule has 2 aromatic heterocycles. The van der Waals surface area contributed by atoms with Gasteiger partial charge in [-0.15, -0.1) is 0 Å². The highest BCUT2D eigenvalue weighted by Gasteiger charge is 2.19.